The second-order valence-corrected chi connectivity index (χ2v) is 7.65. The summed E-state index contributed by atoms with van der Waals surface area (Å²) < 4.78 is 5.47. The van der Waals surface area contributed by atoms with Crippen molar-refractivity contribution in [1.29, 1.82) is 0 Å². The van der Waals surface area contributed by atoms with Gasteiger partial charge in [0, 0.05) is 30.9 Å². The number of aromatic nitrogens is 2. The molecule has 1 aromatic carbocycles. The van der Waals surface area contributed by atoms with Gasteiger partial charge in [0.15, 0.2) is 0 Å². The average molecular weight is 409 g/mol. The largest absolute Gasteiger partial charge is 0.381 e. The molecule has 1 fully saturated rings. The van der Waals surface area contributed by atoms with E-state index in [1.54, 1.807) is 24.3 Å². The molecular weight excluding hydrogens is 387 g/mol. The van der Waals surface area contributed by atoms with Crippen molar-refractivity contribution in [2.75, 3.05) is 33.9 Å². The molecule has 1 aliphatic rings. The lowest BCUT2D eigenvalue weighted by Gasteiger charge is -2.42. The monoisotopic (exact) mass is 408 g/mol. The summed E-state index contributed by atoms with van der Waals surface area (Å²) in [5.74, 6) is -0.230. The first-order valence-corrected chi connectivity index (χ1v) is 9.48. The number of carbonyl (C=O) groups excluding carboxylic acids is 1. The van der Waals surface area contributed by atoms with E-state index in [4.69, 9.17) is 27.9 Å². The van der Waals surface area contributed by atoms with E-state index in [0.29, 0.717) is 41.2 Å². The number of nitrogens with zero attached hydrogens (tertiary/aromatic N) is 3. The third kappa shape index (κ3) is 4.58. The Hall–Kier alpha value is -1.73. The van der Waals surface area contributed by atoms with Crippen LogP contribution in [0.15, 0.2) is 30.6 Å². The number of rotatable bonds is 5. The van der Waals surface area contributed by atoms with Gasteiger partial charge in [0.25, 0.3) is 5.91 Å². The lowest BCUT2D eigenvalue weighted by atomic mass is 9.88. The summed E-state index contributed by atoms with van der Waals surface area (Å²) in [6, 6.07) is 6.88. The molecular formula is C19H22Cl2N4O2. The molecule has 144 valence electrons. The van der Waals surface area contributed by atoms with Crippen LogP contribution in [0.4, 0.5) is 0 Å². The summed E-state index contributed by atoms with van der Waals surface area (Å²) >= 11 is 12.0. The van der Waals surface area contributed by atoms with Gasteiger partial charge in [-0.05, 0) is 45.1 Å². The Bertz CT molecular complexity index is 823. The van der Waals surface area contributed by atoms with E-state index in [2.05, 4.69) is 20.2 Å². The summed E-state index contributed by atoms with van der Waals surface area (Å²) in [6.07, 6.45) is 3.13. The van der Waals surface area contributed by atoms with E-state index in [1.807, 2.05) is 14.1 Å². The van der Waals surface area contributed by atoms with Crippen LogP contribution in [0.5, 0.6) is 0 Å². The minimum atomic E-state index is -0.230. The average Bonchev–Trinajstić information content (AvgIpc) is 2.69. The summed E-state index contributed by atoms with van der Waals surface area (Å²) in [7, 11) is 4.06. The summed E-state index contributed by atoms with van der Waals surface area (Å²) in [5.41, 5.74) is 1.59. The highest BCUT2D eigenvalue weighted by molar-refractivity contribution is 6.42. The van der Waals surface area contributed by atoms with Gasteiger partial charge in [-0.3, -0.25) is 4.79 Å². The Balaban J connectivity index is 1.74. The van der Waals surface area contributed by atoms with Crippen LogP contribution < -0.4 is 5.32 Å². The van der Waals surface area contributed by atoms with Gasteiger partial charge in [-0.1, -0.05) is 29.3 Å². The SMILES string of the molecule is CN(C)C1(CNC(=O)c2cc(-c3ccc(Cl)c(Cl)c3)ncn2)CCOCC1. The van der Waals surface area contributed by atoms with E-state index in [-0.39, 0.29) is 11.4 Å². The second kappa shape index (κ2) is 8.52. The highest BCUT2D eigenvalue weighted by atomic mass is 35.5. The van der Waals surface area contributed by atoms with E-state index in [0.717, 1.165) is 18.4 Å². The molecule has 1 N–H and O–H groups in total. The van der Waals surface area contributed by atoms with Gasteiger partial charge in [0.05, 0.1) is 15.7 Å². The standard InChI is InChI=1S/C19H22Cl2N4O2/c1-25(2)19(5-7-27-8-6-19)11-22-18(26)17-10-16(23-12-24-17)13-3-4-14(20)15(21)9-13/h3-4,9-10,12H,5-8,11H2,1-2H3,(H,22,26). The van der Waals surface area contributed by atoms with Crippen molar-refractivity contribution in [2.24, 2.45) is 0 Å². The predicted octanol–water partition coefficient (Wildman–Crippen LogP) is 3.29. The fourth-order valence-corrected chi connectivity index (χ4v) is 3.46. The number of likely N-dealkylation sites (N-methyl/N-ethyl adjacent to an activating group) is 1. The maximum atomic E-state index is 12.7. The molecule has 0 radical (unpaired) electrons. The zero-order valence-corrected chi connectivity index (χ0v) is 16.8. The zero-order chi connectivity index (χ0) is 19.4. The third-order valence-corrected chi connectivity index (χ3v) is 5.80. The smallest absolute Gasteiger partial charge is 0.270 e. The van der Waals surface area contributed by atoms with Crippen molar-refractivity contribution in [3.05, 3.63) is 46.3 Å². The Morgan fingerprint density at radius 1 is 1.19 bits per heavy atom. The maximum absolute atomic E-state index is 12.7. The molecule has 27 heavy (non-hydrogen) atoms. The number of hydrogen-bond acceptors (Lipinski definition) is 5. The van der Waals surface area contributed by atoms with Crippen molar-refractivity contribution in [3.8, 4) is 11.3 Å². The van der Waals surface area contributed by atoms with Gasteiger partial charge >= 0.3 is 0 Å². The molecule has 1 aromatic heterocycles. The Labute approximate surface area is 168 Å². The van der Waals surface area contributed by atoms with Crippen LogP contribution >= 0.6 is 23.2 Å². The van der Waals surface area contributed by atoms with Crippen molar-refractivity contribution in [3.63, 3.8) is 0 Å². The Kier molecular flexibility index (Phi) is 6.32. The van der Waals surface area contributed by atoms with E-state index < -0.39 is 0 Å². The predicted molar refractivity (Wildman–Crippen MR) is 106 cm³/mol. The van der Waals surface area contributed by atoms with Gasteiger partial charge in [-0.25, -0.2) is 9.97 Å². The molecule has 6 nitrogen and oxygen atoms in total. The first-order chi connectivity index (χ1) is 12.9. The first kappa shape index (κ1) is 20.0. The van der Waals surface area contributed by atoms with Crippen LogP contribution in [0.3, 0.4) is 0 Å². The van der Waals surface area contributed by atoms with Gasteiger partial charge in [0.1, 0.15) is 12.0 Å². The third-order valence-electron chi connectivity index (χ3n) is 5.07. The number of halogens is 2. The minimum absolute atomic E-state index is 0.104. The topological polar surface area (TPSA) is 67.4 Å². The fraction of sp³-hybridized carbons (Fsp3) is 0.421. The van der Waals surface area contributed by atoms with Gasteiger partial charge in [-0.2, -0.15) is 0 Å². The quantitative estimate of drug-likeness (QED) is 0.821. The van der Waals surface area contributed by atoms with Gasteiger partial charge in [0.2, 0.25) is 0 Å². The van der Waals surface area contributed by atoms with E-state index >= 15 is 0 Å². The molecule has 2 aromatic rings. The molecule has 0 saturated carbocycles. The van der Waals surface area contributed by atoms with Crippen LogP contribution in [-0.2, 0) is 4.74 Å². The summed E-state index contributed by atoms with van der Waals surface area (Å²) in [4.78, 5) is 23.2. The lowest BCUT2D eigenvalue weighted by molar-refractivity contribution is -0.00660. The maximum Gasteiger partial charge on any atom is 0.270 e. The highest BCUT2D eigenvalue weighted by Gasteiger charge is 2.35. The Morgan fingerprint density at radius 2 is 1.93 bits per heavy atom. The number of benzene rings is 1. The number of nitrogens with one attached hydrogen (secondary N) is 1. The number of ether oxygens (including phenoxy) is 1. The minimum Gasteiger partial charge on any atom is -0.381 e. The molecule has 1 saturated heterocycles. The van der Waals surface area contributed by atoms with E-state index in [1.165, 1.54) is 6.33 Å². The molecule has 1 aliphatic heterocycles. The van der Waals surface area contributed by atoms with Crippen molar-refractivity contribution < 1.29 is 9.53 Å². The lowest BCUT2D eigenvalue weighted by Crippen LogP contribution is -2.55. The van der Waals surface area contributed by atoms with Crippen LogP contribution in [-0.4, -0.2) is 60.2 Å². The zero-order valence-electron chi connectivity index (χ0n) is 15.3. The van der Waals surface area contributed by atoms with Crippen LogP contribution in [0.25, 0.3) is 11.3 Å². The molecule has 0 aliphatic carbocycles. The van der Waals surface area contributed by atoms with Crippen molar-refractivity contribution in [1.82, 2.24) is 20.2 Å². The molecule has 0 atom stereocenters. The Morgan fingerprint density at radius 3 is 2.59 bits per heavy atom. The van der Waals surface area contributed by atoms with Gasteiger partial charge in [-0.15, -0.1) is 0 Å². The van der Waals surface area contributed by atoms with Gasteiger partial charge < -0.3 is 15.0 Å². The van der Waals surface area contributed by atoms with E-state index in [9.17, 15) is 4.79 Å². The van der Waals surface area contributed by atoms with Crippen molar-refractivity contribution in [2.45, 2.75) is 18.4 Å². The normalized spacial score (nSPS) is 16.3. The fourth-order valence-electron chi connectivity index (χ4n) is 3.16. The number of carbonyl (C=O) groups is 1. The van der Waals surface area contributed by atoms with Crippen LogP contribution in [0.2, 0.25) is 10.0 Å². The molecule has 2 heterocycles. The van der Waals surface area contributed by atoms with Crippen LogP contribution in [0.1, 0.15) is 23.3 Å². The highest BCUT2D eigenvalue weighted by Crippen LogP contribution is 2.28. The first-order valence-electron chi connectivity index (χ1n) is 8.72. The molecule has 0 bridgehead atoms. The molecule has 0 spiro atoms. The number of amides is 1. The molecule has 1 amide bonds. The van der Waals surface area contributed by atoms with Crippen LogP contribution in [0, 0.1) is 0 Å². The van der Waals surface area contributed by atoms with Crippen molar-refractivity contribution >= 4 is 29.1 Å². The summed E-state index contributed by atoms with van der Waals surface area (Å²) in [6.45, 7) is 1.93. The molecule has 0 unspecified atom stereocenters. The second-order valence-electron chi connectivity index (χ2n) is 6.83. The number of hydrogen-bond donors (Lipinski definition) is 1. The molecule has 8 heteroatoms. The summed E-state index contributed by atoms with van der Waals surface area (Å²) in [5, 5.41) is 3.92. The molecule has 3 rings (SSSR count).